The van der Waals surface area contributed by atoms with E-state index >= 15 is 0 Å². The summed E-state index contributed by atoms with van der Waals surface area (Å²) in [5.41, 5.74) is 3.07. The van der Waals surface area contributed by atoms with Crippen LogP contribution in [0.25, 0.3) is 11.2 Å². The third kappa shape index (κ3) is 2.83. The molecule has 5 nitrogen and oxygen atoms in total. The van der Waals surface area contributed by atoms with Crippen LogP contribution in [0, 0.1) is 0 Å². The number of alkyl halides is 1. The average Bonchev–Trinajstić information content (AvgIpc) is 2.93. The molecule has 2 aromatic heterocycles. The Morgan fingerprint density at radius 1 is 1.35 bits per heavy atom. The standard InChI is InChI=1S/C14H23ClN4O/c1-5-11-12-14(18(4)17-11)19(8-7-9-20-6-2)13(16-12)10(3)15/h10H,5-9H2,1-4H3. The first-order valence-electron chi connectivity index (χ1n) is 7.23. The number of fused-ring (bicyclic) bond motifs is 1. The van der Waals surface area contributed by atoms with Gasteiger partial charge in [-0.3, -0.25) is 4.68 Å². The normalized spacial score (nSPS) is 13.2. The number of halogens is 1. The van der Waals surface area contributed by atoms with Crippen LogP contribution in [0.2, 0.25) is 0 Å². The predicted octanol–water partition coefficient (Wildman–Crippen LogP) is 3.06. The number of hydrogen-bond donors (Lipinski definition) is 0. The van der Waals surface area contributed by atoms with Gasteiger partial charge in [0.25, 0.3) is 0 Å². The molecule has 2 heterocycles. The Labute approximate surface area is 124 Å². The van der Waals surface area contributed by atoms with E-state index < -0.39 is 0 Å². The van der Waals surface area contributed by atoms with Crippen LogP contribution in [-0.4, -0.2) is 32.5 Å². The van der Waals surface area contributed by atoms with Crippen molar-refractivity contribution in [3.8, 4) is 0 Å². The van der Waals surface area contributed by atoms with E-state index in [2.05, 4.69) is 16.6 Å². The molecule has 0 fully saturated rings. The molecule has 0 radical (unpaired) electrons. The first-order valence-corrected chi connectivity index (χ1v) is 7.67. The number of ether oxygens (including phenoxy) is 1. The molecule has 6 heteroatoms. The van der Waals surface area contributed by atoms with E-state index in [4.69, 9.17) is 21.3 Å². The summed E-state index contributed by atoms with van der Waals surface area (Å²) in [5.74, 6) is 0.917. The Hall–Kier alpha value is -1.07. The molecule has 0 aliphatic rings. The van der Waals surface area contributed by atoms with Gasteiger partial charge in [-0.2, -0.15) is 5.10 Å². The first-order chi connectivity index (χ1) is 9.60. The summed E-state index contributed by atoms with van der Waals surface area (Å²) >= 11 is 6.28. The van der Waals surface area contributed by atoms with Gasteiger partial charge in [0.2, 0.25) is 0 Å². The Kier molecular flexibility index (Phi) is 5.05. The molecule has 0 bridgehead atoms. The van der Waals surface area contributed by atoms with Crippen molar-refractivity contribution in [1.82, 2.24) is 19.3 Å². The lowest BCUT2D eigenvalue weighted by molar-refractivity contribution is 0.141. The molecule has 20 heavy (non-hydrogen) atoms. The molecule has 0 aliphatic heterocycles. The number of hydrogen-bond acceptors (Lipinski definition) is 3. The summed E-state index contributed by atoms with van der Waals surface area (Å²) in [6.45, 7) is 8.43. The third-order valence-corrected chi connectivity index (χ3v) is 3.58. The Morgan fingerprint density at radius 3 is 2.70 bits per heavy atom. The number of imidazole rings is 1. The van der Waals surface area contributed by atoms with Crippen molar-refractivity contribution in [3.63, 3.8) is 0 Å². The van der Waals surface area contributed by atoms with Crippen LogP contribution in [0.5, 0.6) is 0 Å². The molecule has 1 atom stereocenters. The van der Waals surface area contributed by atoms with E-state index in [1.807, 2.05) is 25.6 Å². The van der Waals surface area contributed by atoms with E-state index in [1.54, 1.807) is 0 Å². The molecule has 0 saturated heterocycles. The second-order valence-corrected chi connectivity index (χ2v) is 5.54. The number of aryl methyl sites for hydroxylation is 3. The van der Waals surface area contributed by atoms with E-state index in [-0.39, 0.29) is 5.38 Å². The molecule has 2 aromatic rings. The minimum Gasteiger partial charge on any atom is -0.382 e. The van der Waals surface area contributed by atoms with Crippen molar-refractivity contribution in [3.05, 3.63) is 11.5 Å². The van der Waals surface area contributed by atoms with Crippen molar-refractivity contribution >= 4 is 22.8 Å². The summed E-state index contributed by atoms with van der Waals surface area (Å²) in [5, 5.41) is 4.42. The maximum atomic E-state index is 6.28. The number of aromatic nitrogens is 4. The Morgan fingerprint density at radius 2 is 2.10 bits per heavy atom. The van der Waals surface area contributed by atoms with E-state index in [9.17, 15) is 0 Å². The van der Waals surface area contributed by atoms with Crippen LogP contribution in [0.4, 0.5) is 0 Å². The Bertz CT molecular complexity index is 573. The van der Waals surface area contributed by atoms with Crippen LogP contribution >= 0.6 is 11.6 Å². The highest BCUT2D eigenvalue weighted by Crippen LogP contribution is 2.26. The van der Waals surface area contributed by atoms with Gasteiger partial charge in [0.15, 0.2) is 5.65 Å². The van der Waals surface area contributed by atoms with Crippen LogP contribution in [0.15, 0.2) is 0 Å². The van der Waals surface area contributed by atoms with E-state index in [0.717, 1.165) is 55.3 Å². The summed E-state index contributed by atoms with van der Waals surface area (Å²) in [4.78, 5) is 4.71. The number of nitrogens with zero attached hydrogens (tertiary/aromatic N) is 4. The van der Waals surface area contributed by atoms with Gasteiger partial charge in [0, 0.05) is 26.8 Å². The molecule has 2 rings (SSSR count). The van der Waals surface area contributed by atoms with Crippen molar-refractivity contribution in [1.29, 1.82) is 0 Å². The number of rotatable bonds is 7. The largest absolute Gasteiger partial charge is 0.382 e. The summed E-state index contributed by atoms with van der Waals surface area (Å²) in [6, 6.07) is 0. The fourth-order valence-corrected chi connectivity index (χ4v) is 2.66. The second-order valence-electron chi connectivity index (χ2n) is 4.88. The highest BCUT2D eigenvalue weighted by molar-refractivity contribution is 6.20. The van der Waals surface area contributed by atoms with Crippen LogP contribution in [0.1, 0.15) is 44.1 Å². The molecule has 0 saturated carbocycles. The SMILES string of the molecule is CCOCCCn1c(C(C)Cl)nc2c(CC)nn(C)c21. The van der Waals surface area contributed by atoms with Gasteiger partial charge in [-0.25, -0.2) is 4.98 Å². The topological polar surface area (TPSA) is 44.9 Å². The van der Waals surface area contributed by atoms with Gasteiger partial charge in [0.1, 0.15) is 11.3 Å². The lowest BCUT2D eigenvalue weighted by atomic mass is 10.3. The smallest absolute Gasteiger partial charge is 0.158 e. The zero-order chi connectivity index (χ0) is 14.7. The lowest BCUT2D eigenvalue weighted by Crippen LogP contribution is -2.10. The highest BCUT2D eigenvalue weighted by atomic mass is 35.5. The summed E-state index contributed by atoms with van der Waals surface area (Å²) in [7, 11) is 1.96. The highest BCUT2D eigenvalue weighted by Gasteiger charge is 2.20. The molecule has 0 amide bonds. The van der Waals surface area contributed by atoms with Crippen LogP contribution in [0.3, 0.4) is 0 Å². The van der Waals surface area contributed by atoms with Gasteiger partial charge in [0.05, 0.1) is 11.1 Å². The maximum absolute atomic E-state index is 6.28. The third-order valence-electron chi connectivity index (χ3n) is 3.39. The molecular weight excluding hydrogens is 276 g/mol. The molecule has 0 aromatic carbocycles. The molecular formula is C14H23ClN4O. The van der Waals surface area contributed by atoms with E-state index in [0.29, 0.717) is 0 Å². The van der Waals surface area contributed by atoms with Gasteiger partial charge >= 0.3 is 0 Å². The van der Waals surface area contributed by atoms with Crippen LogP contribution < -0.4 is 0 Å². The minimum absolute atomic E-state index is 0.112. The summed E-state index contributed by atoms with van der Waals surface area (Å²) in [6.07, 6.45) is 1.83. The van der Waals surface area contributed by atoms with Gasteiger partial charge in [-0.15, -0.1) is 11.6 Å². The van der Waals surface area contributed by atoms with Crippen molar-refractivity contribution in [2.24, 2.45) is 7.05 Å². The van der Waals surface area contributed by atoms with Crippen molar-refractivity contribution < 1.29 is 4.74 Å². The zero-order valence-corrected chi connectivity index (χ0v) is 13.4. The molecule has 112 valence electrons. The quantitative estimate of drug-likeness (QED) is 0.583. The van der Waals surface area contributed by atoms with Gasteiger partial charge < -0.3 is 9.30 Å². The predicted molar refractivity (Wildman–Crippen MR) is 81.3 cm³/mol. The maximum Gasteiger partial charge on any atom is 0.158 e. The van der Waals surface area contributed by atoms with E-state index in [1.165, 1.54) is 0 Å². The molecule has 0 N–H and O–H groups in total. The van der Waals surface area contributed by atoms with Crippen molar-refractivity contribution in [2.45, 2.75) is 45.5 Å². The fraction of sp³-hybridized carbons (Fsp3) is 0.714. The first kappa shape index (κ1) is 15.3. The zero-order valence-electron chi connectivity index (χ0n) is 12.7. The molecule has 1 unspecified atom stereocenters. The lowest BCUT2D eigenvalue weighted by Gasteiger charge is -2.10. The summed E-state index contributed by atoms with van der Waals surface area (Å²) < 4.78 is 9.50. The van der Waals surface area contributed by atoms with Gasteiger partial charge in [-0.1, -0.05) is 6.92 Å². The average molecular weight is 299 g/mol. The second kappa shape index (κ2) is 6.59. The molecule has 0 spiro atoms. The minimum atomic E-state index is -0.112. The van der Waals surface area contributed by atoms with Crippen LogP contribution in [-0.2, 0) is 24.8 Å². The van der Waals surface area contributed by atoms with Crippen molar-refractivity contribution in [2.75, 3.05) is 13.2 Å². The fourth-order valence-electron chi connectivity index (χ4n) is 2.49. The monoisotopic (exact) mass is 298 g/mol. The molecule has 0 aliphatic carbocycles. The van der Waals surface area contributed by atoms with Gasteiger partial charge in [-0.05, 0) is 26.7 Å². The Balaban J connectivity index is 2.37.